The maximum absolute atomic E-state index is 12.8. The number of hydrogen-bond acceptors (Lipinski definition) is 5. The molecule has 0 aromatic heterocycles. The summed E-state index contributed by atoms with van der Waals surface area (Å²) >= 11 is 5.94. The number of benzene rings is 1. The molecular formula is C15H20ClNO6S. The molecule has 1 unspecified atom stereocenters. The Morgan fingerprint density at radius 3 is 2.79 bits per heavy atom. The lowest BCUT2D eigenvalue weighted by Gasteiger charge is -2.19. The van der Waals surface area contributed by atoms with E-state index in [1.165, 1.54) is 16.4 Å². The van der Waals surface area contributed by atoms with E-state index in [0.717, 1.165) is 0 Å². The number of aliphatic carboxylic acids is 1. The maximum Gasteiger partial charge on any atom is 0.307 e. The van der Waals surface area contributed by atoms with Crippen molar-refractivity contribution in [1.29, 1.82) is 0 Å². The average molecular weight is 378 g/mol. The number of hydrogen-bond donors (Lipinski definition) is 1. The van der Waals surface area contributed by atoms with E-state index in [9.17, 15) is 13.2 Å². The van der Waals surface area contributed by atoms with Crippen LogP contribution in [0.25, 0.3) is 0 Å². The fraction of sp³-hybridized carbons (Fsp3) is 0.533. The van der Waals surface area contributed by atoms with Crippen molar-refractivity contribution in [1.82, 2.24) is 4.31 Å². The first-order valence-corrected chi connectivity index (χ1v) is 9.32. The van der Waals surface area contributed by atoms with Crippen LogP contribution in [0.4, 0.5) is 0 Å². The van der Waals surface area contributed by atoms with E-state index in [4.69, 9.17) is 26.2 Å². The Morgan fingerprint density at radius 1 is 1.42 bits per heavy atom. The quantitative estimate of drug-likeness (QED) is 0.695. The fourth-order valence-corrected chi connectivity index (χ4v) is 4.37. The van der Waals surface area contributed by atoms with Crippen molar-refractivity contribution in [3.05, 3.63) is 23.2 Å². The predicted octanol–water partition coefficient (Wildman–Crippen LogP) is 1.85. The number of methoxy groups -OCH3 is 1. The van der Waals surface area contributed by atoms with E-state index in [-0.39, 0.29) is 28.8 Å². The minimum atomic E-state index is -3.87. The number of sulfonamides is 1. The highest BCUT2D eigenvalue weighted by Crippen LogP contribution is 2.32. The van der Waals surface area contributed by atoms with Gasteiger partial charge in [0.1, 0.15) is 10.6 Å². The van der Waals surface area contributed by atoms with Gasteiger partial charge < -0.3 is 14.6 Å². The average Bonchev–Trinajstić information content (AvgIpc) is 3.03. The molecule has 1 N–H and O–H groups in total. The molecule has 1 aliphatic rings. The van der Waals surface area contributed by atoms with Crippen LogP contribution in [0.2, 0.25) is 5.02 Å². The van der Waals surface area contributed by atoms with Gasteiger partial charge in [0, 0.05) is 38.2 Å². The van der Waals surface area contributed by atoms with E-state index in [0.29, 0.717) is 26.1 Å². The number of rotatable bonds is 8. The molecule has 0 radical (unpaired) electrons. The van der Waals surface area contributed by atoms with Crippen LogP contribution in [0.3, 0.4) is 0 Å². The van der Waals surface area contributed by atoms with Crippen LogP contribution < -0.4 is 4.74 Å². The highest BCUT2D eigenvalue weighted by atomic mass is 35.5. The smallest absolute Gasteiger partial charge is 0.307 e. The standard InChI is InChI=1S/C15H20ClNO6S/c1-22-7-2-8-23-13-4-3-12(16)9-14(13)24(20,21)17-6-5-11(10-17)15(18)19/h3-4,9,11H,2,5-8,10H2,1H3,(H,18,19). The van der Waals surface area contributed by atoms with Gasteiger partial charge in [-0.25, -0.2) is 8.42 Å². The van der Waals surface area contributed by atoms with Gasteiger partial charge in [0.05, 0.1) is 12.5 Å². The largest absolute Gasteiger partial charge is 0.492 e. The lowest BCUT2D eigenvalue weighted by atomic mass is 10.1. The first-order chi connectivity index (χ1) is 11.4. The molecule has 0 spiro atoms. The maximum atomic E-state index is 12.8. The molecule has 24 heavy (non-hydrogen) atoms. The van der Waals surface area contributed by atoms with Gasteiger partial charge in [0.15, 0.2) is 0 Å². The number of carboxylic acid groups (broad SMARTS) is 1. The summed E-state index contributed by atoms with van der Waals surface area (Å²) in [7, 11) is -2.30. The predicted molar refractivity (Wildman–Crippen MR) is 87.9 cm³/mol. The Bertz CT molecular complexity index is 693. The molecule has 1 atom stereocenters. The summed E-state index contributed by atoms with van der Waals surface area (Å²) in [5.74, 6) is -1.48. The Labute approximate surface area is 146 Å². The molecule has 0 bridgehead atoms. The zero-order valence-corrected chi connectivity index (χ0v) is 14.8. The summed E-state index contributed by atoms with van der Waals surface area (Å²) in [4.78, 5) is 11.0. The number of nitrogens with zero attached hydrogens (tertiary/aromatic N) is 1. The third-order valence-electron chi connectivity index (χ3n) is 3.77. The monoisotopic (exact) mass is 377 g/mol. The summed E-state index contributed by atoms with van der Waals surface area (Å²) in [6, 6.07) is 4.39. The van der Waals surface area contributed by atoms with Crippen LogP contribution in [-0.2, 0) is 19.6 Å². The molecule has 2 rings (SSSR count). The summed E-state index contributed by atoms with van der Waals surface area (Å²) in [5.41, 5.74) is 0. The van der Waals surface area contributed by atoms with Crippen molar-refractivity contribution < 1.29 is 27.8 Å². The van der Waals surface area contributed by atoms with Crippen molar-refractivity contribution in [3.8, 4) is 5.75 Å². The van der Waals surface area contributed by atoms with Crippen molar-refractivity contribution in [2.45, 2.75) is 17.7 Å². The van der Waals surface area contributed by atoms with Gasteiger partial charge in [-0.3, -0.25) is 4.79 Å². The van der Waals surface area contributed by atoms with Gasteiger partial charge in [0.2, 0.25) is 10.0 Å². The number of halogens is 1. The molecule has 1 aromatic rings. The molecule has 0 aliphatic carbocycles. The number of ether oxygens (including phenoxy) is 2. The third-order valence-corrected chi connectivity index (χ3v) is 5.90. The van der Waals surface area contributed by atoms with Gasteiger partial charge >= 0.3 is 5.97 Å². The molecule has 0 amide bonds. The molecule has 1 fully saturated rings. The molecule has 9 heteroatoms. The van der Waals surface area contributed by atoms with Crippen LogP contribution in [0.1, 0.15) is 12.8 Å². The lowest BCUT2D eigenvalue weighted by molar-refractivity contribution is -0.141. The van der Waals surface area contributed by atoms with Crippen molar-refractivity contribution in [3.63, 3.8) is 0 Å². The van der Waals surface area contributed by atoms with Gasteiger partial charge in [-0.2, -0.15) is 4.31 Å². The van der Waals surface area contributed by atoms with Crippen LogP contribution in [0.15, 0.2) is 23.1 Å². The zero-order valence-electron chi connectivity index (χ0n) is 13.3. The minimum absolute atomic E-state index is 0.0431. The zero-order chi connectivity index (χ0) is 17.7. The molecule has 1 aromatic carbocycles. The summed E-state index contributed by atoms with van der Waals surface area (Å²) in [6.07, 6.45) is 0.905. The summed E-state index contributed by atoms with van der Waals surface area (Å²) in [6.45, 7) is 0.917. The summed E-state index contributed by atoms with van der Waals surface area (Å²) < 4.78 is 37.3. The molecule has 134 valence electrons. The Kier molecular flexibility index (Phi) is 6.45. The van der Waals surface area contributed by atoms with Crippen molar-refractivity contribution in [2.75, 3.05) is 33.4 Å². The second-order valence-electron chi connectivity index (χ2n) is 5.47. The fourth-order valence-electron chi connectivity index (χ4n) is 2.48. The molecular weight excluding hydrogens is 358 g/mol. The van der Waals surface area contributed by atoms with Gasteiger partial charge in [0.25, 0.3) is 0 Å². The Balaban J connectivity index is 2.22. The molecule has 0 saturated carbocycles. The van der Waals surface area contributed by atoms with E-state index in [1.54, 1.807) is 13.2 Å². The molecule has 1 heterocycles. The number of carbonyl (C=O) groups is 1. The van der Waals surface area contributed by atoms with Gasteiger partial charge in [-0.15, -0.1) is 0 Å². The van der Waals surface area contributed by atoms with E-state index in [1.807, 2.05) is 0 Å². The van der Waals surface area contributed by atoms with Crippen LogP contribution in [0.5, 0.6) is 5.75 Å². The summed E-state index contributed by atoms with van der Waals surface area (Å²) in [5, 5.41) is 9.32. The molecule has 1 saturated heterocycles. The Morgan fingerprint density at radius 2 is 2.17 bits per heavy atom. The topological polar surface area (TPSA) is 93.1 Å². The van der Waals surface area contributed by atoms with E-state index in [2.05, 4.69) is 0 Å². The van der Waals surface area contributed by atoms with E-state index < -0.39 is 21.9 Å². The SMILES string of the molecule is COCCCOc1ccc(Cl)cc1S(=O)(=O)N1CCC(C(=O)O)C1. The van der Waals surface area contributed by atoms with Crippen molar-refractivity contribution in [2.24, 2.45) is 5.92 Å². The van der Waals surface area contributed by atoms with Crippen LogP contribution in [-0.4, -0.2) is 57.2 Å². The minimum Gasteiger partial charge on any atom is -0.492 e. The first-order valence-electron chi connectivity index (χ1n) is 7.50. The van der Waals surface area contributed by atoms with Gasteiger partial charge in [-0.1, -0.05) is 11.6 Å². The molecule has 7 nitrogen and oxygen atoms in total. The third kappa shape index (κ3) is 4.38. The lowest BCUT2D eigenvalue weighted by Crippen LogP contribution is -2.30. The normalized spacial score (nSPS) is 18.7. The van der Waals surface area contributed by atoms with E-state index >= 15 is 0 Å². The Hall–Kier alpha value is -1.35. The first kappa shape index (κ1) is 19.0. The second kappa shape index (κ2) is 8.15. The van der Waals surface area contributed by atoms with Crippen LogP contribution in [0, 0.1) is 5.92 Å². The molecule has 1 aliphatic heterocycles. The van der Waals surface area contributed by atoms with Gasteiger partial charge in [-0.05, 0) is 24.6 Å². The highest BCUT2D eigenvalue weighted by molar-refractivity contribution is 7.89. The second-order valence-corrected chi connectivity index (χ2v) is 7.82. The highest BCUT2D eigenvalue weighted by Gasteiger charge is 2.37. The number of carboxylic acids is 1. The van der Waals surface area contributed by atoms with Crippen LogP contribution >= 0.6 is 11.6 Å². The van der Waals surface area contributed by atoms with Crippen molar-refractivity contribution >= 4 is 27.6 Å².